The highest BCUT2D eigenvalue weighted by Crippen LogP contribution is 2.24. The number of methoxy groups -OCH3 is 1. The first-order chi connectivity index (χ1) is 9.19. The zero-order chi connectivity index (χ0) is 13.7. The molecule has 5 heteroatoms. The minimum atomic E-state index is -0.437. The zero-order valence-corrected chi connectivity index (χ0v) is 11.2. The summed E-state index contributed by atoms with van der Waals surface area (Å²) in [4.78, 5) is 2.26. The van der Waals surface area contributed by atoms with E-state index in [1.165, 1.54) is 32.1 Å². The smallest absolute Gasteiger partial charge is 0.144 e. The molecular weight excluding hydrogens is 247 g/mol. The summed E-state index contributed by atoms with van der Waals surface area (Å²) in [5.41, 5.74) is 0.698. The summed E-state index contributed by atoms with van der Waals surface area (Å²) in [5, 5.41) is 13.1. The van der Waals surface area contributed by atoms with Crippen LogP contribution in [-0.2, 0) is 0 Å². The number of nitrogens with zero attached hydrogens (tertiary/aromatic N) is 1. The average molecular weight is 268 g/mol. The van der Waals surface area contributed by atoms with Crippen molar-refractivity contribution < 1.29 is 14.2 Å². The number of β-amino-alcohol motifs (C(OH)–C–C–N with tert-alkyl or cyclic N) is 1. The molecular formula is C14H21FN2O2. The summed E-state index contributed by atoms with van der Waals surface area (Å²) in [6, 6.07) is 4.32. The summed E-state index contributed by atoms with van der Waals surface area (Å²) in [6.07, 6.45) is 1.99. The molecule has 0 aromatic heterocycles. The van der Waals surface area contributed by atoms with Crippen LogP contribution in [0.15, 0.2) is 18.2 Å². The molecule has 1 heterocycles. The van der Waals surface area contributed by atoms with Crippen molar-refractivity contribution in [2.45, 2.75) is 18.9 Å². The highest BCUT2D eigenvalue weighted by molar-refractivity contribution is 5.56. The predicted molar refractivity (Wildman–Crippen MR) is 73.1 cm³/mol. The van der Waals surface area contributed by atoms with E-state index in [2.05, 4.69) is 10.2 Å². The van der Waals surface area contributed by atoms with E-state index in [1.807, 2.05) is 0 Å². The van der Waals surface area contributed by atoms with Crippen molar-refractivity contribution in [3.63, 3.8) is 0 Å². The van der Waals surface area contributed by atoms with Crippen molar-refractivity contribution in [1.82, 2.24) is 4.90 Å². The molecule has 0 aliphatic carbocycles. The van der Waals surface area contributed by atoms with Gasteiger partial charge in [-0.05, 0) is 38.1 Å². The summed E-state index contributed by atoms with van der Waals surface area (Å²) in [5.74, 6) is 0.119. The van der Waals surface area contributed by atoms with Crippen molar-refractivity contribution in [3.8, 4) is 5.75 Å². The second-order valence-corrected chi connectivity index (χ2v) is 4.89. The molecule has 0 spiro atoms. The highest BCUT2D eigenvalue weighted by atomic mass is 19.1. The monoisotopic (exact) mass is 268 g/mol. The third-order valence-electron chi connectivity index (χ3n) is 3.36. The van der Waals surface area contributed by atoms with Crippen LogP contribution < -0.4 is 10.1 Å². The Labute approximate surface area is 113 Å². The molecule has 2 rings (SSSR count). The SMILES string of the molecule is COc1cc(F)ccc1NCC(O)CN1CCCC1. The van der Waals surface area contributed by atoms with E-state index in [0.717, 1.165) is 13.1 Å². The van der Waals surface area contributed by atoms with Crippen molar-refractivity contribution in [2.75, 3.05) is 38.6 Å². The van der Waals surface area contributed by atoms with E-state index < -0.39 is 6.10 Å². The Morgan fingerprint density at radius 2 is 2.16 bits per heavy atom. The van der Waals surface area contributed by atoms with Gasteiger partial charge in [-0.15, -0.1) is 0 Å². The van der Waals surface area contributed by atoms with Crippen molar-refractivity contribution in [2.24, 2.45) is 0 Å². The normalized spacial score (nSPS) is 17.4. The molecule has 1 unspecified atom stereocenters. The maximum Gasteiger partial charge on any atom is 0.144 e. The fourth-order valence-corrected chi connectivity index (χ4v) is 2.37. The Balaban J connectivity index is 1.83. The number of benzene rings is 1. The fraction of sp³-hybridized carbons (Fsp3) is 0.571. The molecule has 0 amide bonds. The first kappa shape index (κ1) is 14.1. The number of rotatable bonds is 6. The van der Waals surface area contributed by atoms with Crippen LogP contribution in [0.2, 0.25) is 0 Å². The van der Waals surface area contributed by atoms with Gasteiger partial charge >= 0.3 is 0 Å². The number of anilines is 1. The Hall–Kier alpha value is -1.33. The molecule has 1 atom stereocenters. The highest BCUT2D eigenvalue weighted by Gasteiger charge is 2.16. The lowest BCUT2D eigenvalue weighted by molar-refractivity contribution is 0.135. The van der Waals surface area contributed by atoms with Gasteiger partial charge < -0.3 is 20.1 Å². The molecule has 1 aliphatic heterocycles. The van der Waals surface area contributed by atoms with Gasteiger partial charge in [0.25, 0.3) is 0 Å². The molecule has 1 saturated heterocycles. The van der Waals surface area contributed by atoms with E-state index in [4.69, 9.17) is 4.74 Å². The van der Waals surface area contributed by atoms with Crippen LogP contribution in [0.1, 0.15) is 12.8 Å². The van der Waals surface area contributed by atoms with Gasteiger partial charge in [0.2, 0.25) is 0 Å². The molecule has 1 fully saturated rings. The zero-order valence-electron chi connectivity index (χ0n) is 11.2. The molecule has 2 N–H and O–H groups in total. The van der Waals surface area contributed by atoms with Gasteiger partial charge in [0.1, 0.15) is 11.6 Å². The van der Waals surface area contributed by atoms with E-state index in [0.29, 0.717) is 24.5 Å². The lowest BCUT2D eigenvalue weighted by Gasteiger charge is -2.20. The van der Waals surface area contributed by atoms with Gasteiger partial charge in [0.05, 0.1) is 18.9 Å². The predicted octanol–water partition coefficient (Wildman–Crippen LogP) is 1.70. The molecule has 1 aromatic carbocycles. The van der Waals surface area contributed by atoms with E-state index in [9.17, 15) is 9.50 Å². The number of hydrogen-bond donors (Lipinski definition) is 2. The van der Waals surface area contributed by atoms with Crippen LogP contribution in [0, 0.1) is 5.82 Å². The summed E-state index contributed by atoms with van der Waals surface area (Å²) < 4.78 is 18.1. The fourth-order valence-electron chi connectivity index (χ4n) is 2.37. The Morgan fingerprint density at radius 3 is 2.84 bits per heavy atom. The molecule has 106 valence electrons. The van der Waals surface area contributed by atoms with Crippen LogP contribution >= 0.6 is 0 Å². The number of aliphatic hydroxyl groups excluding tert-OH is 1. The molecule has 1 aliphatic rings. The van der Waals surface area contributed by atoms with Crippen LogP contribution in [0.25, 0.3) is 0 Å². The van der Waals surface area contributed by atoms with Gasteiger partial charge in [-0.1, -0.05) is 0 Å². The largest absolute Gasteiger partial charge is 0.494 e. The van der Waals surface area contributed by atoms with Crippen LogP contribution in [-0.4, -0.2) is 49.4 Å². The molecule has 4 nitrogen and oxygen atoms in total. The molecule has 0 saturated carbocycles. The van der Waals surface area contributed by atoms with Gasteiger partial charge in [-0.3, -0.25) is 0 Å². The number of nitrogens with one attached hydrogen (secondary N) is 1. The number of ether oxygens (including phenoxy) is 1. The average Bonchev–Trinajstić information content (AvgIpc) is 2.90. The number of aliphatic hydroxyl groups is 1. The maximum absolute atomic E-state index is 13.0. The first-order valence-electron chi connectivity index (χ1n) is 6.67. The molecule has 0 radical (unpaired) electrons. The Kier molecular flexibility index (Phi) is 4.99. The van der Waals surface area contributed by atoms with Crippen molar-refractivity contribution in [1.29, 1.82) is 0 Å². The number of halogens is 1. The van der Waals surface area contributed by atoms with Crippen LogP contribution in [0.4, 0.5) is 10.1 Å². The Morgan fingerprint density at radius 1 is 1.42 bits per heavy atom. The van der Waals surface area contributed by atoms with Crippen molar-refractivity contribution in [3.05, 3.63) is 24.0 Å². The quantitative estimate of drug-likeness (QED) is 0.824. The minimum absolute atomic E-state index is 0.333. The van der Waals surface area contributed by atoms with Gasteiger partial charge in [0.15, 0.2) is 0 Å². The summed E-state index contributed by atoms with van der Waals surface area (Å²) in [7, 11) is 1.50. The third-order valence-corrected chi connectivity index (χ3v) is 3.36. The summed E-state index contributed by atoms with van der Waals surface area (Å²) >= 11 is 0. The molecule has 1 aromatic rings. The lowest BCUT2D eigenvalue weighted by atomic mass is 10.2. The van der Waals surface area contributed by atoms with Gasteiger partial charge in [-0.25, -0.2) is 4.39 Å². The lowest BCUT2D eigenvalue weighted by Crippen LogP contribution is -2.34. The second kappa shape index (κ2) is 6.73. The number of hydrogen-bond acceptors (Lipinski definition) is 4. The topological polar surface area (TPSA) is 44.7 Å². The van der Waals surface area contributed by atoms with Crippen molar-refractivity contribution >= 4 is 5.69 Å². The third kappa shape index (κ3) is 4.08. The van der Waals surface area contributed by atoms with E-state index in [1.54, 1.807) is 6.07 Å². The van der Waals surface area contributed by atoms with Gasteiger partial charge in [0, 0.05) is 19.2 Å². The second-order valence-electron chi connectivity index (χ2n) is 4.89. The summed E-state index contributed by atoms with van der Waals surface area (Å²) in [6.45, 7) is 3.24. The molecule has 0 bridgehead atoms. The van der Waals surface area contributed by atoms with Gasteiger partial charge in [-0.2, -0.15) is 0 Å². The Bertz CT molecular complexity index is 408. The van der Waals surface area contributed by atoms with E-state index in [-0.39, 0.29) is 5.82 Å². The minimum Gasteiger partial charge on any atom is -0.494 e. The van der Waals surface area contributed by atoms with E-state index >= 15 is 0 Å². The van der Waals surface area contributed by atoms with Crippen LogP contribution in [0.5, 0.6) is 5.75 Å². The maximum atomic E-state index is 13.0. The van der Waals surface area contributed by atoms with Crippen LogP contribution in [0.3, 0.4) is 0 Å². The number of likely N-dealkylation sites (tertiary alicyclic amines) is 1. The standard InChI is InChI=1S/C14H21FN2O2/c1-19-14-8-11(15)4-5-13(14)16-9-12(18)10-17-6-2-3-7-17/h4-5,8,12,16,18H,2-3,6-7,9-10H2,1H3. The first-order valence-corrected chi connectivity index (χ1v) is 6.67. The molecule has 19 heavy (non-hydrogen) atoms.